The summed E-state index contributed by atoms with van der Waals surface area (Å²) in [7, 11) is 3.12. The fraction of sp³-hybridized carbons (Fsp3) is 0.474. The quantitative estimate of drug-likeness (QED) is 0.581. The number of hydrogen-bond acceptors (Lipinski definition) is 6. The van der Waals surface area contributed by atoms with E-state index in [1.54, 1.807) is 40.2 Å². The van der Waals surface area contributed by atoms with Gasteiger partial charge in [-0.15, -0.1) is 0 Å². The molecule has 0 amide bonds. The smallest absolute Gasteiger partial charge is 0.327 e. The summed E-state index contributed by atoms with van der Waals surface area (Å²) in [5.41, 5.74) is 0.882. The van der Waals surface area contributed by atoms with E-state index in [0.717, 1.165) is 16.7 Å². The number of methoxy groups -OCH3 is 2. The Kier molecular flexibility index (Phi) is 5.72. The molecule has 1 aromatic carbocycles. The summed E-state index contributed by atoms with van der Waals surface area (Å²) < 4.78 is 21.1. The lowest BCUT2D eigenvalue weighted by Gasteiger charge is -2.32. The molecule has 2 rings (SSSR count). The van der Waals surface area contributed by atoms with Gasteiger partial charge in [-0.25, -0.2) is 0 Å². The van der Waals surface area contributed by atoms with E-state index in [1.807, 2.05) is 13.0 Å². The molecular weight excluding hydrogens is 324 g/mol. The first-order chi connectivity index (χ1) is 11.9. The van der Waals surface area contributed by atoms with Crippen LogP contribution in [0.5, 0.6) is 11.5 Å². The van der Waals surface area contributed by atoms with E-state index in [9.17, 15) is 9.59 Å². The fourth-order valence-electron chi connectivity index (χ4n) is 3.17. The maximum absolute atomic E-state index is 12.7. The van der Waals surface area contributed by atoms with E-state index >= 15 is 0 Å². The molecule has 0 aliphatic heterocycles. The second kappa shape index (κ2) is 7.59. The second-order valence-corrected chi connectivity index (χ2v) is 5.78. The zero-order valence-electron chi connectivity index (χ0n) is 15.3. The molecule has 0 atom stereocenters. The highest BCUT2D eigenvalue weighted by molar-refractivity contribution is 6.05. The molecule has 0 heterocycles. The highest BCUT2D eigenvalue weighted by Crippen LogP contribution is 2.44. The number of fused-ring (bicyclic) bond motifs is 1. The van der Waals surface area contributed by atoms with Crippen molar-refractivity contribution < 1.29 is 28.5 Å². The minimum Gasteiger partial charge on any atom is -0.497 e. The highest BCUT2D eigenvalue weighted by atomic mass is 16.6. The predicted octanol–water partition coefficient (Wildman–Crippen LogP) is 2.78. The van der Waals surface area contributed by atoms with Gasteiger partial charge in [-0.05, 0) is 38.0 Å². The van der Waals surface area contributed by atoms with Crippen LogP contribution < -0.4 is 9.47 Å². The number of rotatable bonds is 6. The lowest BCUT2D eigenvalue weighted by Crippen LogP contribution is -2.44. The van der Waals surface area contributed by atoms with Crippen molar-refractivity contribution in [2.75, 3.05) is 27.4 Å². The molecule has 1 aromatic rings. The van der Waals surface area contributed by atoms with E-state index < -0.39 is 17.4 Å². The Bertz CT molecular complexity index is 686. The maximum Gasteiger partial charge on any atom is 0.327 e. The van der Waals surface area contributed by atoms with Crippen LogP contribution in [0.3, 0.4) is 0 Å². The number of benzene rings is 1. The first kappa shape index (κ1) is 18.8. The summed E-state index contributed by atoms with van der Waals surface area (Å²) in [5, 5.41) is 0. The number of carbonyl (C=O) groups excluding carboxylic acids is 2. The van der Waals surface area contributed by atoms with E-state index in [-0.39, 0.29) is 19.6 Å². The largest absolute Gasteiger partial charge is 0.497 e. The van der Waals surface area contributed by atoms with Crippen molar-refractivity contribution in [1.29, 1.82) is 0 Å². The lowest BCUT2D eigenvalue weighted by molar-refractivity contribution is -0.168. The first-order valence-electron chi connectivity index (χ1n) is 8.22. The zero-order valence-corrected chi connectivity index (χ0v) is 15.3. The van der Waals surface area contributed by atoms with Gasteiger partial charge in [0.05, 0.1) is 27.4 Å². The molecule has 0 N–H and O–H groups in total. The zero-order chi connectivity index (χ0) is 18.6. The second-order valence-electron chi connectivity index (χ2n) is 5.78. The van der Waals surface area contributed by atoms with Crippen LogP contribution in [0.15, 0.2) is 18.2 Å². The molecule has 0 fully saturated rings. The molecule has 25 heavy (non-hydrogen) atoms. The van der Waals surface area contributed by atoms with Crippen molar-refractivity contribution in [3.63, 3.8) is 0 Å². The topological polar surface area (TPSA) is 71.1 Å². The van der Waals surface area contributed by atoms with Crippen LogP contribution in [0.25, 0.3) is 5.57 Å². The molecule has 0 unspecified atom stereocenters. The third-order valence-electron chi connectivity index (χ3n) is 4.22. The van der Waals surface area contributed by atoms with Gasteiger partial charge < -0.3 is 18.9 Å². The molecule has 0 aromatic heterocycles. The first-order valence-corrected chi connectivity index (χ1v) is 8.22. The summed E-state index contributed by atoms with van der Waals surface area (Å²) in [6.07, 6.45) is 1.76. The van der Waals surface area contributed by atoms with E-state index in [2.05, 4.69) is 0 Å². The summed E-state index contributed by atoms with van der Waals surface area (Å²) in [5.74, 6) is -0.00295. The predicted molar refractivity (Wildman–Crippen MR) is 92.6 cm³/mol. The van der Waals surface area contributed by atoms with E-state index in [1.165, 1.54) is 0 Å². The molecule has 0 saturated carbocycles. The normalized spacial score (nSPS) is 14.8. The van der Waals surface area contributed by atoms with Crippen LogP contribution in [0, 0.1) is 5.41 Å². The van der Waals surface area contributed by atoms with Gasteiger partial charge in [-0.3, -0.25) is 9.59 Å². The average Bonchev–Trinajstić information content (AvgIpc) is 2.60. The Balaban J connectivity index is 2.64. The van der Waals surface area contributed by atoms with Gasteiger partial charge in [0.25, 0.3) is 0 Å². The summed E-state index contributed by atoms with van der Waals surface area (Å²) in [6.45, 7) is 5.61. The minimum atomic E-state index is -1.50. The van der Waals surface area contributed by atoms with Crippen molar-refractivity contribution >= 4 is 17.5 Å². The highest BCUT2D eigenvalue weighted by Gasteiger charge is 2.50. The van der Waals surface area contributed by atoms with Crippen LogP contribution >= 0.6 is 0 Å². The van der Waals surface area contributed by atoms with Crippen LogP contribution in [0.2, 0.25) is 0 Å². The van der Waals surface area contributed by atoms with Crippen LogP contribution in [-0.4, -0.2) is 39.4 Å². The Labute approximate surface area is 147 Å². The Morgan fingerprint density at radius 2 is 1.64 bits per heavy atom. The number of esters is 2. The van der Waals surface area contributed by atoms with Crippen molar-refractivity contribution in [1.82, 2.24) is 0 Å². The van der Waals surface area contributed by atoms with Crippen LogP contribution in [-0.2, 0) is 25.5 Å². The Hall–Kier alpha value is -2.50. The third-order valence-corrected chi connectivity index (χ3v) is 4.22. The molecule has 0 radical (unpaired) electrons. The third kappa shape index (κ3) is 3.34. The number of ether oxygens (including phenoxy) is 4. The molecule has 0 bridgehead atoms. The van der Waals surface area contributed by atoms with Crippen molar-refractivity contribution in [2.45, 2.75) is 27.2 Å². The molecular formula is C19H24O6. The minimum absolute atomic E-state index is 0.130. The molecule has 6 heteroatoms. The molecule has 0 saturated heterocycles. The van der Waals surface area contributed by atoms with Gasteiger partial charge in [-0.2, -0.15) is 0 Å². The van der Waals surface area contributed by atoms with Crippen molar-refractivity contribution in [2.24, 2.45) is 5.41 Å². The monoisotopic (exact) mass is 348 g/mol. The molecule has 0 spiro atoms. The number of carbonyl (C=O) groups is 2. The molecule has 1 aliphatic carbocycles. The lowest BCUT2D eigenvalue weighted by atomic mass is 9.73. The van der Waals surface area contributed by atoms with Gasteiger partial charge in [-0.1, -0.05) is 6.08 Å². The van der Waals surface area contributed by atoms with Gasteiger partial charge in [0.15, 0.2) is 5.41 Å². The Morgan fingerprint density at radius 1 is 1.04 bits per heavy atom. The van der Waals surface area contributed by atoms with Gasteiger partial charge >= 0.3 is 11.9 Å². The molecule has 136 valence electrons. The van der Waals surface area contributed by atoms with E-state index in [0.29, 0.717) is 11.5 Å². The molecule has 1 aliphatic rings. The maximum atomic E-state index is 12.7. The summed E-state index contributed by atoms with van der Waals surface area (Å²) in [4.78, 5) is 25.3. The van der Waals surface area contributed by atoms with Crippen molar-refractivity contribution in [3.8, 4) is 11.5 Å². The van der Waals surface area contributed by atoms with Crippen LogP contribution in [0.1, 0.15) is 31.9 Å². The number of hydrogen-bond donors (Lipinski definition) is 0. The Morgan fingerprint density at radius 3 is 2.12 bits per heavy atom. The average molecular weight is 348 g/mol. The summed E-state index contributed by atoms with van der Waals surface area (Å²) in [6, 6.07) is 3.58. The van der Waals surface area contributed by atoms with Crippen LogP contribution in [0.4, 0.5) is 0 Å². The number of allylic oxidation sites excluding steroid dienone is 1. The SMILES string of the molecule is CCOC(=O)C1(C(=O)OCC)C=C(C)c2c(cc(OC)cc2OC)C1. The van der Waals surface area contributed by atoms with Crippen molar-refractivity contribution in [3.05, 3.63) is 29.3 Å². The molecule has 6 nitrogen and oxygen atoms in total. The van der Waals surface area contributed by atoms with E-state index in [4.69, 9.17) is 18.9 Å². The van der Waals surface area contributed by atoms with Gasteiger partial charge in [0.1, 0.15) is 11.5 Å². The summed E-state index contributed by atoms with van der Waals surface area (Å²) >= 11 is 0. The standard InChI is InChI=1S/C19H24O6/c1-6-24-17(20)19(18(21)25-7-2)10-12(3)16-13(11-19)8-14(22-4)9-15(16)23-5/h8-10H,6-7,11H2,1-5H3. The fourth-order valence-corrected chi connectivity index (χ4v) is 3.17. The van der Waals surface area contributed by atoms with Gasteiger partial charge in [0, 0.05) is 18.1 Å². The van der Waals surface area contributed by atoms with Gasteiger partial charge in [0.2, 0.25) is 0 Å².